The molecule has 6 rings (SSSR count). The number of nitrogens with zero attached hydrogens (tertiary/aromatic N) is 7. The third-order valence-electron chi connectivity index (χ3n) is 8.37. The molecule has 1 amide bonds. The first-order valence-corrected chi connectivity index (χ1v) is 15.4. The maximum atomic E-state index is 13.1. The zero-order valence-corrected chi connectivity index (χ0v) is 24.7. The lowest BCUT2D eigenvalue weighted by Gasteiger charge is -2.41. The number of pyridine rings is 2. The van der Waals surface area contributed by atoms with E-state index in [9.17, 15) is 14.9 Å². The third-order valence-corrected chi connectivity index (χ3v) is 9.32. The quantitative estimate of drug-likeness (QED) is 0.337. The molecule has 2 saturated heterocycles. The second-order valence-corrected chi connectivity index (χ2v) is 12.2. The number of aromatic nitrogens is 4. The van der Waals surface area contributed by atoms with Crippen molar-refractivity contribution in [1.82, 2.24) is 24.6 Å². The van der Waals surface area contributed by atoms with Crippen LogP contribution in [0.4, 0.5) is 17.3 Å². The molecule has 2 aliphatic heterocycles. The maximum absolute atomic E-state index is 13.1. The van der Waals surface area contributed by atoms with Gasteiger partial charge in [0.15, 0.2) is 5.82 Å². The minimum atomic E-state index is -0.622. The van der Waals surface area contributed by atoms with Gasteiger partial charge in [0.05, 0.1) is 29.1 Å². The molecule has 43 heavy (non-hydrogen) atoms. The molecule has 0 saturated carbocycles. The zero-order chi connectivity index (χ0) is 30.0. The van der Waals surface area contributed by atoms with Crippen LogP contribution in [-0.4, -0.2) is 68.2 Å². The molecule has 0 spiro atoms. The Balaban J connectivity index is 1.30. The van der Waals surface area contributed by atoms with Crippen molar-refractivity contribution in [2.24, 2.45) is 0 Å². The Morgan fingerprint density at radius 1 is 1.12 bits per heavy atom. The minimum Gasteiger partial charge on any atom is -0.356 e. The number of anilines is 3. The SMILES string of the molecule is Cc1cc(Nc2nn(C3(CC#N)CCN(c4ccc(C#N)cn4)CC3)c3cc[nH]c(=O)c23)ccc1C(=O)N1CCSCC1. The van der Waals surface area contributed by atoms with E-state index in [1.165, 1.54) is 0 Å². The zero-order valence-electron chi connectivity index (χ0n) is 23.8. The summed E-state index contributed by atoms with van der Waals surface area (Å²) in [6.45, 7) is 4.69. The van der Waals surface area contributed by atoms with E-state index >= 15 is 0 Å². The fourth-order valence-corrected chi connectivity index (χ4v) is 6.89. The molecule has 12 heteroatoms. The first-order chi connectivity index (χ1) is 20.9. The minimum absolute atomic E-state index is 0.0384. The van der Waals surface area contributed by atoms with Crippen LogP contribution in [0.1, 0.15) is 40.7 Å². The Morgan fingerprint density at radius 2 is 1.91 bits per heavy atom. The van der Waals surface area contributed by atoms with Gasteiger partial charge in [0.2, 0.25) is 0 Å². The molecule has 0 radical (unpaired) electrons. The van der Waals surface area contributed by atoms with E-state index in [4.69, 9.17) is 10.4 Å². The number of amides is 1. The fraction of sp³-hybridized carbons (Fsp3) is 0.355. The summed E-state index contributed by atoms with van der Waals surface area (Å²) >= 11 is 1.86. The lowest BCUT2D eigenvalue weighted by molar-refractivity contribution is 0.0771. The number of thioether (sulfide) groups is 1. The molecule has 5 heterocycles. The Kier molecular flexibility index (Phi) is 7.78. The van der Waals surface area contributed by atoms with Crippen LogP contribution in [0.3, 0.4) is 0 Å². The van der Waals surface area contributed by atoms with E-state index < -0.39 is 5.54 Å². The molecule has 0 unspecified atom stereocenters. The van der Waals surface area contributed by atoms with Crippen LogP contribution < -0.4 is 15.8 Å². The lowest BCUT2D eigenvalue weighted by atomic mass is 9.84. The van der Waals surface area contributed by atoms with Crippen LogP contribution in [0.25, 0.3) is 10.9 Å². The van der Waals surface area contributed by atoms with Crippen molar-refractivity contribution in [3.63, 3.8) is 0 Å². The van der Waals surface area contributed by atoms with E-state index in [2.05, 4.69) is 32.3 Å². The van der Waals surface area contributed by atoms with Crippen molar-refractivity contribution >= 4 is 45.9 Å². The Hall–Kier alpha value is -4.81. The van der Waals surface area contributed by atoms with E-state index in [0.29, 0.717) is 59.5 Å². The van der Waals surface area contributed by atoms with Crippen molar-refractivity contribution < 1.29 is 4.79 Å². The Labute approximate surface area is 253 Å². The van der Waals surface area contributed by atoms with Gasteiger partial charge in [-0.1, -0.05) is 0 Å². The van der Waals surface area contributed by atoms with Gasteiger partial charge in [0.25, 0.3) is 11.5 Å². The smallest absolute Gasteiger partial charge is 0.261 e. The summed E-state index contributed by atoms with van der Waals surface area (Å²) in [4.78, 5) is 37.5. The number of rotatable bonds is 6. The van der Waals surface area contributed by atoms with Gasteiger partial charge < -0.3 is 20.1 Å². The van der Waals surface area contributed by atoms with Crippen LogP contribution in [0.2, 0.25) is 0 Å². The number of nitriles is 2. The van der Waals surface area contributed by atoms with Gasteiger partial charge in [0.1, 0.15) is 17.3 Å². The summed E-state index contributed by atoms with van der Waals surface area (Å²) in [5.41, 5.74) is 2.49. The van der Waals surface area contributed by atoms with Crippen molar-refractivity contribution in [1.29, 1.82) is 10.5 Å². The van der Waals surface area contributed by atoms with Crippen LogP contribution in [0, 0.1) is 29.6 Å². The molecular formula is C31H31N9O2S. The average molecular weight is 594 g/mol. The largest absolute Gasteiger partial charge is 0.356 e. The number of aromatic amines is 1. The summed E-state index contributed by atoms with van der Waals surface area (Å²) in [5.74, 6) is 3.12. The second kappa shape index (κ2) is 11.8. The number of aryl methyl sites for hydroxylation is 1. The molecule has 218 valence electrons. The molecule has 1 aromatic carbocycles. The number of benzene rings is 1. The van der Waals surface area contributed by atoms with Crippen molar-refractivity contribution in [2.75, 3.05) is 47.9 Å². The number of hydrogen-bond acceptors (Lipinski definition) is 9. The first kappa shape index (κ1) is 28.3. The Morgan fingerprint density at radius 3 is 2.58 bits per heavy atom. The van der Waals surface area contributed by atoms with Gasteiger partial charge in [-0.3, -0.25) is 14.3 Å². The van der Waals surface area contributed by atoms with E-state index in [1.54, 1.807) is 18.5 Å². The molecule has 11 nitrogen and oxygen atoms in total. The number of carbonyl (C=O) groups excluding carboxylic acids is 1. The van der Waals surface area contributed by atoms with Gasteiger partial charge in [-0.25, -0.2) is 4.98 Å². The summed E-state index contributed by atoms with van der Waals surface area (Å²) < 4.78 is 1.85. The van der Waals surface area contributed by atoms with Gasteiger partial charge in [-0.15, -0.1) is 0 Å². The Bertz CT molecular complexity index is 1800. The topological polar surface area (TPSA) is 147 Å². The number of carbonyl (C=O) groups is 1. The molecule has 2 N–H and O–H groups in total. The highest BCUT2D eigenvalue weighted by Crippen LogP contribution is 2.38. The van der Waals surface area contributed by atoms with Crippen LogP contribution in [0.5, 0.6) is 0 Å². The van der Waals surface area contributed by atoms with Crippen LogP contribution >= 0.6 is 11.8 Å². The number of piperidine rings is 1. The van der Waals surface area contributed by atoms with Crippen LogP contribution in [-0.2, 0) is 5.54 Å². The molecule has 2 aliphatic rings. The highest BCUT2D eigenvalue weighted by molar-refractivity contribution is 7.99. The van der Waals surface area contributed by atoms with E-state index in [1.807, 2.05) is 58.6 Å². The van der Waals surface area contributed by atoms with Gasteiger partial charge in [0, 0.05) is 61.3 Å². The predicted octanol–water partition coefficient (Wildman–Crippen LogP) is 4.14. The molecule has 3 aromatic heterocycles. The number of hydrogen-bond donors (Lipinski definition) is 2. The van der Waals surface area contributed by atoms with Gasteiger partial charge >= 0.3 is 0 Å². The maximum Gasteiger partial charge on any atom is 0.261 e. The normalized spacial score (nSPS) is 16.4. The standard InChI is InChI=1S/C31H31N9O2S/c1-21-18-23(3-4-24(21)30(42)39-14-16-43-17-15-39)36-28-27-25(6-11-34-29(27)41)40(37-28)31(7-10-32)8-12-38(13-9-31)26-5-2-22(19-33)20-35-26/h2-6,11,18,20H,7-9,12-17H2,1H3,(H,34,41)(H,36,37). The summed E-state index contributed by atoms with van der Waals surface area (Å²) in [7, 11) is 0. The van der Waals surface area contributed by atoms with Gasteiger partial charge in [-0.2, -0.15) is 27.4 Å². The average Bonchev–Trinajstić information content (AvgIpc) is 3.42. The molecule has 0 atom stereocenters. The summed E-state index contributed by atoms with van der Waals surface area (Å²) in [5, 5.41) is 27.7. The summed E-state index contributed by atoms with van der Waals surface area (Å²) in [6.07, 6.45) is 4.64. The molecule has 4 aromatic rings. The van der Waals surface area contributed by atoms with Crippen molar-refractivity contribution in [2.45, 2.75) is 31.7 Å². The fourth-order valence-electron chi connectivity index (χ4n) is 5.98. The number of fused-ring (bicyclic) bond motifs is 1. The van der Waals surface area contributed by atoms with Crippen LogP contribution in [0.15, 0.2) is 53.6 Å². The second-order valence-electron chi connectivity index (χ2n) is 10.9. The monoisotopic (exact) mass is 593 g/mol. The van der Waals surface area contributed by atoms with Gasteiger partial charge in [-0.05, 0) is 61.7 Å². The lowest BCUT2D eigenvalue weighted by Crippen LogP contribution is -2.47. The number of nitrogens with one attached hydrogen (secondary N) is 2. The van der Waals surface area contributed by atoms with E-state index in [-0.39, 0.29) is 17.9 Å². The number of H-pyrrole nitrogens is 1. The molecular weight excluding hydrogens is 562 g/mol. The molecule has 0 aliphatic carbocycles. The third kappa shape index (κ3) is 5.42. The van der Waals surface area contributed by atoms with Crippen molar-refractivity contribution in [3.8, 4) is 12.1 Å². The highest BCUT2D eigenvalue weighted by Gasteiger charge is 2.39. The molecule has 2 fully saturated rings. The predicted molar refractivity (Wildman–Crippen MR) is 167 cm³/mol. The highest BCUT2D eigenvalue weighted by atomic mass is 32.2. The van der Waals surface area contributed by atoms with E-state index in [0.717, 1.165) is 36.0 Å². The first-order valence-electron chi connectivity index (χ1n) is 14.3. The summed E-state index contributed by atoms with van der Waals surface area (Å²) in [6, 6.07) is 15.4. The van der Waals surface area contributed by atoms with Crippen molar-refractivity contribution in [3.05, 3.63) is 75.8 Å². The molecule has 0 bridgehead atoms.